The molecule has 0 aromatic heterocycles. The molecule has 1 saturated heterocycles. The Kier molecular flexibility index (Phi) is 3.81. The van der Waals surface area contributed by atoms with Crippen LogP contribution in [0.15, 0.2) is 0 Å². The minimum Gasteiger partial charge on any atom is -0.748 e. The molecule has 9 heteroatoms. The van der Waals surface area contributed by atoms with Gasteiger partial charge in [-0.3, -0.25) is 4.79 Å². The zero-order chi connectivity index (χ0) is 17.0. The maximum Gasteiger partial charge on any atom is 0.351 e. The number of hydrogen-bond acceptors (Lipinski definition) is 7. The Labute approximate surface area is 127 Å². The third kappa shape index (κ3) is 2.30. The molecule has 126 valence electrons. The monoisotopic (exact) mass is 337 g/mol. The summed E-state index contributed by atoms with van der Waals surface area (Å²) in [7, 11) is -4.75. The molecule has 1 heterocycles. The molecule has 0 amide bonds. The van der Waals surface area contributed by atoms with E-state index in [-0.39, 0.29) is 6.42 Å². The Morgan fingerprint density at radius 3 is 2.41 bits per heavy atom. The smallest absolute Gasteiger partial charge is 0.351 e. The third-order valence-electron chi connectivity index (χ3n) is 5.19. The number of hydrogen-bond donors (Lipinski definition) is 0. The maximum absolute atomic E-state index is 13.4. The van der Waals surface area contributed by atoms with Gasteiger partial charge in [-0.1, -0.05) is 13.8 Å². The number of carbonyl (C=O) groups is 2. The van der Waals surface area contributed by atoms with Gasteiger partial charge in [-0.15, -0.1) is 0 Å². The van der Waals surface area contributed by atoms with Crippen molar-refractivity contribution in [3.05, 3.63) is 0 Å². The summed E-state index contributed by atoms with van der Waals surface area (Å²) in [5.41, 5.74) is -3.14. The van der Waals surface area contributed by atoms with E-state index in [0.717, 1.165) is 0 Å². The summed E-state index contributed by atoms with van der Waals surface area (Å²) in [6.45, 7) is 4.26. The third-order valence-corrected chi connectivity index (χ3v) is 5.96. The van der Waals surface area contributed by atoms with Gasteiger partial charge in [0.05, 0.1) is 21.3 Å². The molecular formula is C13H18FO7S-. The number of fused-ring (bicyclic) bond motifs is 2. The summed E-state index contributed by atoms with van der Waals surface area (Å²) < 4.78 is 54.8. The Balaban J connectivity index is 2.09. The Hall–Kier alpha value is -1.22. The Morgan fingerprint density at radius 2 is 2.00 bits per heavy atom. The van der Waals surface area contributed by atoms with E-state index >= 15 is 0 Å². The number of esters is 2. The van der Waals surface area contributed by atoms with Crippen LogP contribution in [-0.2, 0) is 29.2 Å². The molecule has 22 heavy (non-hydrogen) atoms. The van der Waals surface area contributed by atoms with E-state index in [4.69, 9.17) is 9.47 Å². The van der Waals surface area contributed by atoms with Crippen LogP contribution >= 0.6 is 0 Å². The van der Waals surface area contributed by atoms with Crippen LogP contribution in [0.2, 0.25) is 0 Å². The van der Waals surface area contributed by atoms with Crippen molar-refractivity contribution in [1.82, 2.24) is 0 Å². The molecule has 2 rings (SSSR count). The minimum absolute atomic E-state index is 0.262. The van der Waals surface area contributed by atoms with Crippen molar-refractivity contribution in [3.8, 4) is 0 Å². The highest BCUT2D eigenvalue weighted by Gasteiger charge is 2.76. The second-order valence-electron chi connectivity index (χ2n) is 6.59. The normalized spacial score (nSPS) is 34.3. The highest BCUT2D eigenvalue weighted by atomic mass is 32.2. The van der Waals surface area contributed by atoms with Gasteiger partial charge in [0.15, 0.2) is 0 Å². The first-order chi connectivity index (χ1) is 9.86. The van der Waals surface area contributed by atoms with Crippen LogP contribution < -0.4 is 0 Å². The molecule has 3 unspecified atom stereocenters. The molecule has 0 N–H and O–H groups in total. The van der Waals surface area contributed by atoms with Crippen molar-refractivity contribution >= 4 is 22.1 Å². The topological polar surface area (TPSA) is 110 Å². The molecule has 3 atom stereocenters. The van der Waals surface area contributed by atoms with Crippen LogP contribution in [0.25, 0.3) is 0 Å². The summed E-state index contributed by atoms with van der Waals surface area (Å²) in [6, 6.07) is 0. The number of halogens is 1. The van der Waals surface area contributed by atoms with Crippen LogP contribution in [0.3, 0.4) is 0 Å². The summed E-state index contributed by atoms with van der Waals surface area (Å²) in [6.07, 6.45) is -1.41. The number of ether oxygens (including phenoxy) is 2. The summed E-state index contributed by atoms with van der Waals surface area (Å²) in [5.74, 6) is -2.67. The number of alkyl halides is 1. The van der Waals surface area contributed by atoms with Crippen molar-refractivity contribution in [2.24, 2.45) is 10.8 Å². The largest absolute Gasteiger partial charge is 0.748 e. The van der Waals surface area contributed by atoms with Crippen molar-refractivity contribution in [3.63, 3.8) is 0 Å². The fourth-order valence-electron chi connectivity index (χ4n) is 3.25. The van der Waals surface area contributed by atoms with Crippen molar-refractivity contribution in [1.29, 1.82) is 0 Å². The first-order valence-corrected chi connectivity index (χ1v) is 8.42. The van der Waals surface area contributed by atoms with E-state index < -0.39 is 57.0 Å². The molecule has 1 saturated carbocycles. The first-order valence-electron chi connectivity index (χ1n) is 6.84. The average molecular weight is 337 g/mol. The molecule has 1 aliphatic heterocycles. The predicted octanol–water partition coefficient (Wildman–Crippen LogP) is 0.535. The van der Waals surface area contributed by atoms with Gasteiger partial charge < -0.3 is 14.0 Å². The van der Waals surface area contributed by atoms with Crippen LogP contribution in [0.1, 0.15) is 33.6 Å². The second kappa shape index (κ2) is 4.89. The SMILES string of the molecule is CC12CCC(C(=O)OCC(F)CS(=O)(=O)[O-])(OC1=O)C2(C)C. The van der Waals surface area contributed by atoms with E-state index in [1.165, 1.54) is 0 Å². The lowest BCUT2D eigenvalue weighted by Gasteiger charge is -2.34. The van der Waals surface area contributed by atoms with Crippen LogP contribution in [0, 0.1) is 10.8 Å². The van der Waals surface area contributed by atoms with Crippen LogP contribution in [0.5, 0.6) is 0 Å². The van der Waals surface area contributed by atoms with E-state index in [1.54, 1.807) is 20.8 Å². The minimum atomic E-state index is -4.75. The molecule has 2 aliphatic rings. The number of carbonyl (C=O) groups excluding carboxylic acids is 2. The molecular weight excluding hydrogens is 319 g/mol. The van der Waals surface area contributed by atoms with Crippen molar-refractivity contribution < 1.29 is 36.4 Å². The number of rotatable bonds is 5. The van der Waals surface area contributed by atoms with Gasteiger partial charge in [-0.05, 0) is 19.8 Å². The van der Waals surface area contributed by atoms with E-state index in [1.807, 2.05) is 0 Å². The van der Waals surface area contributed by atoms with Crippen molar-refractivity contribution in [2.45, 2.75) is 45.4 Å². The van der Waals surface area contributed by atoms with Gasteiger partial charge in [-0.25, -0.2) is 17.6 Å². The van der Waals surface area contributed by atoms with E-state index in [2.05, 4.69) is 0 Å². The Bertz CT molecular complexity index is 614. The quantitative estimate of drug-likeness (QED) is 0.532. The summed E-state index contributed by atoms with van der Waals surface area (Å²) in [4.78, 5) is 24.3. The van der Waals surface area contributed by atoms with Gasteiger partial charge in [0.2, 0.25) is 5.60 Å². The van der Waals surface area contributed by atoms with Gasteiger partial charge in [-0.2, -0.15) is 0 Å². The van der Waals surface area contributed by atoms with E-state index in [0.29, 0.717) is 6.42 Å². The fourth-order valence-corrected chi connectivity index (χ4v) is 3.79. The highest BCUT2D eigenvalue weighted by molar-refractivity contribution is 7.85. The summed E-state index contributed by atoms with van der Waals surface area (Å²) in [5, 5.41) is 0. The molecule has 1 aliphatic carbocycles. The molecule has 0 aromatic carbocycles. The first kappa shape index (κ1) is 17.1. The predicted molar refractivity (Wildman–Crippen MR) is 70.4 cm³/mol. The fraction of sp³-hybridized carbons (Fsp3) is 0.846. The molecule has 0 aromatic rings. The van der Waals surface area contributed by atoms with Gasteiger partial charge in [0.1, 0.15) is 12.8 Å². The molecule has 2 fully saturated rings. The van der Waals surface area contributed by atoms with Crippen LogP contribution in [0.4, 0.5) is 4.39 Å². The zero-order valence-electron chi connectivity index (χ0n) is 12.5. The standard InChI is InChI=1S/C13H19FO7S/c1-11(2)12(3)4-5-13(11,21-9(12)15)10(16)20-6-8(14)7-22(17,18)19/h8H,4-7H2,1-3H3,(H,17,18,19)/p-1. The second-order valence-corrected chi connectivity index (χ2v) is 8.04. The van der Waals surface area contributed by atoms with Crippen molar-refractivity contribution in [2.75, 3.05) is 12.4 Å². The van der Waals surface area contributed by atoms with Gasteiger partial charge in [0, 0.05) is 5.41 Å². The molecule has 0 radical (unpaired) electrons. The van der Waals surface area contributed by atoms with Crippen LogP contribution in [-0.4, -0.2) is 49.0 Å². The maximum atomic E-state index is 13.4. The molecule has 2 bridgehead atoms. The lowest BCUT2D eigenvalue weighted by atomic mass is 9.66. The lowest BCUT2D eigenvalue weighted by molar-refractivity contribution is -0.184. The molecule has 0 spiro atoms. The van der Waals surface area contributed by atoms with Gasteiger partial charge in [0.25, 0.3) is 0 Å². The van der Waals surface area contributed by atoms with Gasteiger partial charge >= 0.3 is 11.9 Å². The average Bonchev–Trinajstić information content (AvgIpc) is 2.64. The van der Waals surface area contributed by atoms with E-state index in [9.17, 15) is 27.0 Å². The highest BCUT2D eigenvalue weighted by Crippen LogP contribution is 2.65. The zero-order valence-corrected chi connectivity index (χ0v) is 13.4. The summed E-state index contributed by atoms with van der Waals surface area (Å²) >= 11 is 0. The molecule has 7 nitrogen and oxygen atoms in total. The lowest BCUT2D eigenvalue weighted by Crippen LogP contribution is -2.49. The Morgan fingerprint density at radius 1 is 1.41 bits per heavy atom.